The topological polar surface area (TPSA) is 69.0 Å². The Balaban J connectivity index is 0.00000272. The Bertz CT molecular complexity index is 960. The molecule has 180 valence electrons. The normalized spacial score (nSPS) is 15.0. The van der Waals surface area contributed by atoms with E-state index in [4.69, 9.17) is 14.7 Å². The number of anilines is 1. The summed E-state index contributed by atoms with van der Waals surface area (Å²) in [4.78, 5) is 4.45. The van der Waals surface area contributed by atoms with Gasteiger partial charge in [-0.3, -0.25) is 4.90 Å². The van der Waals surface area contributed by atoms with Gasteiger partial charge in [0, 0.05) is 38.8 Å². The monoisotopic (exact) mass is 497 g/mol. The molecule has 1 saturated heterocycles. The fourth-order valence-corrected chi connectivity index (χ4v) is 3.64. The minimum atomic E-state index is -0.725. The smallest absolute Gasteiger partial charge is 0.165 e. The molecule has 0 amide bonds. The number of halogens is 3. The molecule has 6 nitrogen and oxygen atoms in total. The third kappa shape index (κ3) is 7.79. The van der Waals surface area contributed by atoms with Crippen LogP contribution in [0.5, 0.6) is 11.5 Å². The first kappa shape index (κ1) is 28.5. The molecule has 0 spiro atoms. The highest BCUT2D eigenvalue weighted by atomic mass is 35.5. The fraction of sp³-hybridized carbons (Fsp3) is 0.375. The van der Waals surface area contributed by atoms with Gasteiger partial charge in [-0.25, -0.2) is 4.39 Å². The van der Waals surface area contributed by atoms with Crippen molar-refractivity contribution in [3.63, 3.8) is 0 Å². The number of allylic oxidation sites excluding steroid dienone is 2. The highest BCUT2D eigenvalue weighted by Gasteiger charge is 2.21. The highest BCUT2D eigenvalue weighted by molar-refractivity contribution is 5.85. The molecule has 0 aliphatic carbocycles. The zero-order valence-corrected chi connectivity index (χ0v) is 20.4. The van der Waals surface area contributed by atoms with E-state index >= 15 is 0 Å². The number of nitrogens with zero attached hydrogens (tertiary/aromatic N) is 3. The van der Waals surface area contributed by atoms with Crippen molar-refractivity contribution in [3.8, 4) is 17.6 Å². The summed E-state index contributed by atoms with van der Waals surface area (Å²) in [5.74, 6) is 0.435. The quantitative estimate of drug-likeness (QED) is 0.552. The van der Waals surface area contributed by atoms with E-state index in [1.54, 1.807) is 20.1 Å². The van der Waals surface area contributed by atoms with Crippen LogP contribution >= 0.6 is 24.8 Å². The first-order valence-corrected chi connectivity index (χ1v) is 10.3. The molecule has 1 unspecified atom stereocenters. The van der Waals surface area contributed by atoms with Crippen LogP contribution in [0.1, 0.15) is 12.5 Å². The van der Waals surface area contributed by atoms with E-state index < -0.39 is 11.9 Å². The third-order valence-electron chi connectivity index (χ3n) is 5.37. The Labute approximate surface area is 207 Å². The minimum absolute atomic E-state index is 0. The van der Waals surface area contributed by atoms with Crippen molar-refractivity contribution in [2.45, 2.75) is 13.0 Å². The highest BCUT2D eigenvalue weighted by Crippen LogP contribution is 2.28. The summed E-state index contributed by atoms with van der Waals surface area (Å²) in [5.41, 5.74) is 2.38. The SMILES string of the molecule is COc1ccccc1N1CCN(CC(O)COc2ccc(/C(C)=C\C#N)cc2F)CC1.Cl.Cl. The minimum Gasteiger partial charge on any atom is -0.495 e. The van der Waals surface area contributed by atoms with Gasteiger partial charge in [-0.1, -0.05) is 18.2 Å². The number of ether oxygens (including phenoxy) is 2. The second kappa shape index (κ2) is 13.9. The molecule has 1 atom stereocenters. The average Bonchev–Trinajstić information content (AvgIpc) is 2.79. The lowest BCUT2D eigenvalue weighted by Gasteiger charge is -2.37. The van der Waals surface area contributed by atoms with E-state index in [1.165, 1.54) is 18.2 Å². The van der Waals surface area contributed by atoms with Crippen molar-refractivity contribution < 1.29 is 19.0 Å². The lowest BCUT2D eigenvalue weighted by molar-refractivity contribution is 0.0649. The maximum absolute atomic E-state index is 14.3. The van der Waals surface area contributed by atoms with Crippen LogP contribution in [0.25, 0.3) is 5.57 Å². The Morgan fingerprint density at radius 3 is 2.48 bits per heavy atom. The Morgan fingerprint density at radius 1 is 1.15 bits per heavy atom. The molecule has 0 saturated carbocycles. The van der Waals surface area contributed by atoms with Crippen molar-refractivity contribution in [2.75, 3.05) is 51.3 Å². The van der Waals surface area contributed by atoms with Crippen LogP contribution in [0.3, 0.4) is 0 Å². The molecule has 2 aromatic rings. The predicted octanol–water partition coefficient (Wildman–Crippen LogP) is 4.17. The number of methoxy groups -OCH3 is 1. The number of nitriles is 1. The van der Waals surface area contributed by atoms with E-state index in [2.05, 4.69) is 15.9 Å². The van der Waals surface area contributed by atoms with E-state index in [-0.39, 0.29) is 37.2 Å². The van der Waals surface area contributed by atoms with Gasteiger partial charge >= 0.3 is 0 Å². The van der Waals surface area contributed by atoms with Gasteiger partial charge in [-0.05, 0) is 42.3 Å². The Hall–Kier alpha value is -2.50. The second-order valence-corrected chi connectivity index (χ2v) is 7.53. The van der Waals surface area contributed by atoms with Gasteiger partial charge in [-0.15, -0.1) is 24.8 Å². The molecule has 2 aromatic carbocycles. The van der Waals surface area contributed by atoms with Crippen molar-refractivity contribution >= 4 is 36.1 Å². The summed E-state index contributed by atoms with van der Waals surface area (Å²) < 4.78 is 25.2. The molecule has 1 N–H and O–H groups in total. The number of β-amino-alcohol motifs (C(OH)–C–C–N with tert-alkyl or cyclic N) is 1. The van der Waals surface area contributed by atoms with E-state index in [0.29, 0.717) is 17.7 Å². The number of aliphatic hydroxyl groups is 1. The summed E-state index contributed by atoms with van der Waals surface area (Å²) in [6, 6.07) is 14.5. The largest absolute Gasteiger partial charge is 0.495 e. The zero-order chi connectivity index (χ0) is 22.2. The molecule has 1 aliphatic heterocycles. The van der Waals surface area contributed by atoms with E-state index in [9.17, 15) is 9.50 Å². The summed E-state index contributed by atoms with van der Waals surface area (Å²) in [6.07, 6.45) is 0.643. The van der Waals surface area contributed by atoms with Crippen LogP contribution in [0, 0.1) is 17.1 Å². The van der Waals surface area contributed by atoms with Crippen LogP contribution < -0.4 is 14.4 Å². The lowest BCUT2D eigenvalue weighted by Crippen LogP contribution is -2.49. The number of hydrogen-bond donors (Lipinski definition) is 1. The lowest BCUT2D eigenvalue weighted by atomic mass is 10.1. The van der Waals surface area contributed by atoms with Gasteiger partial charge in [0.25, 0.3) is 0 Å². The molecular weight excluding hydrogens is 468 g/mol. The van der Waals surface area contributed by atoms with Gasteiger partial charge in [-0.2, -0.15) is 5.26 Å². The van der Waals surface area contributed by atoms with Gasteiger partial charge in [0.05, 0.1) is 18.9 Å². The number of hydrogen-bond acceptors (Lipinski definition) is 6. The first-order chi connectivity index (χ1) is 15.0. The maximum Gasteiger partial charge on any atom is 0.165 e. The average molecular weight is 498 g/mol. The van der Waals surface area contributed by atoms with Crippen LogP contribution in [-0.2, 0) is 0 Å². The van der Waals surface area contributed by atoms with E-state index in [1.807, 2.05) is 24.3 Å². The number of para-hydroxylation sites is 2. The Kier molecular flexibility index (Phi) is 12.0. The third-order valence-corrected chi connectivity index (χ3v) is 5.37. The van der Waals surface area contributed by atoms with Crippen molar-refractivity contribution in [1.29, 1.82) is 5.26 Å². The molecule has 0 aromatic heterocycles. The molecule has 3 rings (SSSR count). The van der Waals surface area contributed by atoms with Crippen LogP contribution in [-0.4, -0.2) is 62.6 Å². The molecule has 0 bridgehead atoms. The van der Waals surface area contributed by atoms with Crippen molar-refractivity contribution in [3.05, 3.63) is 59.9 Å². The number of aliphatic hydroxyl groups excluding tert-OH is 1. The predicted molar refractivity (Wildman–Crippen MR) is 133 cm³/mol. The molecule has 33 heavy (non-hydrogen) atoms. The molecule has 1 aliphatic rings. The van der Waals surface area contributed by atoms with E-state index in [0.717, 1.165) is 37.6 Å². The molecule has 1 heterocycles. The van der Waals surface area contributed by atoms with Crippen LogP contribution in [0.15, 0.2) is 48.5 Å². The summed E-state index contributed by atoms with van der Waals surface area (Å²) in [5, 5.41) is 19.1. The van der Waals surface area contributed by atoms with Gasteiger partial charge in [0.15, 0.2) is 11.6 Å². The van der Waals surface area contributed by atoms with Gasteiger partial charge < -0.3 is 19.5 Å². The number of rotatable bonds is 8. The fourth-order valence-electron chi connectivity index (χ4n) is 3.64. The number of piperazine rings is 1. The van der Waals surface area contributed by atoms with Gasteiger partial charge in [0.1, 0.15) is 18.5 Å². The van der Waals surface area contributed by atoms with Gasteiger partial charge in [0.2, 0.25) is 0 Å². The van der Waals surface area contributed by atoms with Crippen molar-refractivity contribution in [1.82, 2.24) is 4.90 Å². The summed E-state index contributed by atoms with van der Waals surface area (Å²) in [6.45, 7) is 5.50. The second-order valence-electron chi connectivity index (χ2n) is 7.53. The van der Waals surface area contributed by atoms with Crippen LogP contribution in [0.4, 0.5) is 10.1 Å². The molecule has 1 fully saturated rings. The molecule has 0 radical (unpaired) electrons. The maximum atomic E-state index is 14.3. The number of benzene rings is 2. The zero-order valence-electron chi connectivity index (χ0n) is 18.7. The Morgan fingerprint density at radius 2 is 1.85 bits per heavy atom. The van der Waals surface area contributed by atoms with Crippen LogP contribution in [0.2, 0.25) is 0 Å². The van der Waals surface area contributed by atoms with Crippen molar-refractivity contribution in [2.24, 2.45) is 0 Å². The first-order valence-electron chi connectivity index (χ1n) is 10.3. The standard InChI is InChI=1S/C24H28FN3O3.2ClH/c1-18(9-10-26)19-7-8-23(21(25)15-19)31-17-20(29)16-27-11-13-28(14-12-27)22-5-3-4-6-24(22)30-2;;/h3-9,15,20,29H,11-14,16-17H2,1-2H3;2*1H/b18-9-;;. The molecule has 9 heteroatoms. The summed E-state index contributed by atoms with van der Waals surface area (Å²) in [7, 11) is 1.67. The summed E-state index contributed by atoms with van der Waals surface area (Å²) >= 11 is 0. The molecular formula is C24H30Cl2FN3O3.